The quantitative estimate of drug-likeness (QED) is 0.830. The fourth-order valence-electron chi connectivity index (χ4n) is 3.04. The van der Waals surface area contributed by atoms with Crippen molar-refractivity contribution >= 4 is 11.3 Å². The summed E-state index contributed by atoms with van der Waals surface area (Å²) in [6.45, 7) is 6.80. The van der Waals surface area contributed by atoms with Crippen molar-refractivity contribution in [2.45, 2.75) is 51.6 Å². The lowest BCUT2D eigenvalue weighted by Crippen LogP contribution is -2.41. The summed E-state index contributed by atoms with van der Waals surface area (Å²) in [5.74, 6) is 1.10. The van der Waals surface area contributed by atoms with Gasteiger partial charge in [-0.3, -0.25) is 0 Å². The Morgan fingerprint density at radius 1 is 1.38 bits per heavy atom. The minimum absolute atomic E-state index is 0.111. The highest BCUT2D eigenvalue weighted by molar-refractivity contribution is 7.08. The van der Waals surface area contributed by atoms with Crippen molar-refractivity contribution in [3.63, 3.8) is 0 Å². The van der Waals surface area contributed by atoms with Crippen LogP contribution in [0.3, 0.4) is 0 Å². The molecule has 1 saturated carbocycles. The summed E-state index contributed by atoms with van der Waals surface area (Å²) in [7, 11) is 0. The van der Waals surface area contributed by atoms with Crippen LogP contribution >= 0.6 is 11.3 Å². The molecule has 0 aliphatic heterocycles. The highest BCUT2D eigenvalue weighted by Gasteiger charge is 2.39. The summed E-state index contributed by atoms with van der Waals surface area (Å²) in [4.78, 5) is 0. The second-order valence-electron chi connectivity index (χ2n) is 5.83. The fraction of sp³-hybridized carbons (Fsp3) is 0.714. The van der Waals surface area contributed by atoms with Gasteiger partial charge in [-0.25, -0.2) is 0 Å². The first-order chi connectivity index (χ1) is 7.51. The Labute approximate surface area is 103 Å². The second-order valence-corrected chi connectivity index (χ2v) is 6.61. The largest absolute Gasteiger partial charge is 0.393 e. The van der Waals surface area contributed by atoms with E-state index >= 15 is 0 Å². The van der Waals surface area contributed by atoms with Gasteiger partial charge in [0.15, 0.2) is 0 Å². The zero-order valence-corrected chi connectivity index (χ0v) is 11.3. The third kappa shape index (κ3) is 2.18. The maximum absolute atomic E-state index is 10.3. The van der Waals surface area contributed by atoms with E-state index in [1.807, 2.05) is 0 Å². The highest BCUT2D eigenvalue weighted by atomic mass is 32.1. The van der Waals surface area contributed by atoms with Crippen LogP contribution in [0, 0.1) is 11.8 Å². The molecule has 3 unspecified atom stereocenters. The van der Waals surface area contributed by atoms with Crippen molar-refractivity contribution in [3.05, 3.63) is 22.4 Å². The molecule has 1 aromatic heterocycles. The van der Waals surface area contributed by atoms with Crippen LogP contribution in [-0.2, 0) is 5.41 Å². The molecule has 1 aliphatic carbocycles. The molecule has 2 rings (SSSR count). The number of aliphatic hydroxyl groups is 1. The fourth-order valence-corrected chi connectivity index (χ4v) is 3.87. The van der Waals surface area contributed by atoms with Gasteiger partial charge in [-0.05, 0) is 52.5 Å². The lowest BCUT2D eigenvalue weighted by atomic mass is 9.65. The molecular formula is C14H22OS. The van der Waals surface area contributed by atoms with Crippen molar-refractivity contribution in [1.82, 2.24) is 0 Å². The molecule has 0 saturated heterocycles. The molecule has 0 spiro atoms. The minimum atomic E-state index is -0.126. The van der Waals surface area contributed by atoms with E-state index in [9.17, 15) is 5.11 Å². The van der Waals surface area contributed by atoms with Crippen LogP contribution in [0.2, 0.25) is 0 Å². The molecule has 0 aromatic carbocycles. The predicted octanol–water partition coefficient (Wildman–Crippen LogP) is 3.82. The number of rotatable bonds is 2. The van der Waals surface area contributed by atoms with E-state index in [-0.39, 0.29) is 11.5 Å². The Bertz CT molecular complexity index is 329. The Hall–Kier alpha value is -0.340. The average Bonchev–Trinajstić information content (AvgIpc) is 2.69. The second kappa shape index (κ2) is 4.50. The van der Waals surface area contributed by atoms with Gasteiger partial charge < -0.3 is 5.11 Å². The van der Waals surface area contributed by atoms with Gasteiger partial charge in [0, 0.05) is 0 Å². The van der Waals surface area contributed by atoms with Gasteiger partial charge in [0.05, 0.1) is 6.10 Å². The van der Waals surface area contributed by atoms with E-state index in [1.165, 1.54) is 12.0 Å². The van der Waals surface area contributed by atoms with Crippen LogP contribution in [0.5, 0.6) is 0 Å². The monoisotopic (exact) mass is 238 g/mol. The number of aliphatic hydroxyl groups excluding tert-OH is 1. The molecule has 1 nitrogen and oxygen atoms in total. The van der Waals surface area contributed by atoms with Crippen molar-refractivity contribution in [1.29, 1.82) is 0 Å². The summed E-state index contributed by atoms with van der Waals surface area (Å²) in [5, 5.41) is 14.6. The first-order valence-corrected chi connectivity index (χ1v) is 7.17. The van der Waals surface area contributed by atoms with Crippen LogP contribution in [0.1, 0.15) is 45.6 Å². The molecule has 1 aliphatic rings. The van der Waals surface area contributed by atoms with Crippen LogP contribution in [0.15, 0.2) is 16.8 Å². The van der Waals surface area contributed by atoms with Gasteiger partial charge in [-0.2, -0.15) is 11.3 Å². The maximum atomic E-state index is 10.3. The number of hydrogen-bond acceptors (Lipinski definition) is 2. The lowest BCUT2D eigenvalue weighted by Gasteiger charge is -2.42. The molecule has 1 fully saturated rings. The Morgan fingerprint density at radius 3 is 2.69 bits per heavy atom. The molecule has 16 heavy (non-hydrogen) atoms. The maximum Gasteiger partial charge on any atom is 0.0579 e. The van der Waals surface area contributed by atoms with Gasteiger partial charge >= 0.3 is 0 Å². The topological polar surface area (TPSA) is 20.2 Å². The average molecular weight is 238 g/mol. The summed E-state index contributed by atoms with van der Waals surface area (Å²) in [6.07, 6.45) is 3.26. The van der Waals surface area contributed by atoms with Crippen molar-refractivity contribution < 1.29 is 5.11 Å². The van der Waals surface area contributed by atoms with Crippen molar-refractivity contribution in [2.75, 3.05) is 0 Å². The van der Waals surface area contributed by atoms with Gasteiger partial charge in [0.1, 0.15) is 0 Å². The highest BCUT2D eigenvalue weighted by Crippen LogP contribution is 2.42. The van der Waals surface area contributed by atoms with Crippen LogP contribution in [0.4, 0.5) is 0 Å². The molecule has 90 valence electrons. The van der Waals surface area contributed by atoms with Crippen LogP contribution < -0.4 is 0 Å². The zero-order chi connectivity index (χ0) is 11.8. The summed E-state index contributed by atoms with van der Waals surface area (Å²) in [6, 6.07) is 2.20. The first kappa shape index (κ1) is 12.1. The molecule has 0 radical (unpaired) electrons. The van der Waals surface area contributed by atoms with Crippen LogP contribution in [-0.4, -0.2) is 11.2 Å². The molecule has 1 heterocycles. The van der Waals surface area contributed by atoms with Crippen molar-refractivity contribution in [2.24, 2.45) is 11.8 Å². The summed E-state index contributed by atoms with van der Waals surface area (Å²) >= 11 is 1.75. The third-order valence-corrected chi connectivity index (χ3v) is 4.95. The Morgan fingerprint density at radius 2 is 2.12 bits per heavy atom. The predicted molar refractivity (Wildman–Crippen MR) is 69.9 cm³/mol. The smallest absolute Gasteiger partial charge is 0.0579 e. The van der Waals surface area contributed by atoms with E-state index < -0.39 is 0 Å². The molecule has 0 amide bonds. The Balaban J connectivity index is 2.17. The molecular weight excluding hydrogens is 216 g/mol. The first-order valence-electron chi connectivity index (χ1n) is 6.22. The van der Waals surface area contributed by atoms with E-state index in [4.69, 9.17) is 0 Å². The molecule has 3 atom stereocenters. The molecule has 0 bridgehead atoms. The van der Waals surface area contributed by atoms with E-state index in [1.54, 1.807) is 11.3 Å². The normalized spacial score (nSPS) is 31.6. The number of thiophene rings is 1. The van der Waals surface area contributed by atoms with Crippen molar-refractivity contribution in [3.8, 4) is 0 Å². The van der Waals surface area contributed by atoms with Gasteiger partial charge in [-0.15, -0.1) is 0 Å². The molecule has 1 N–H and O–H groups in total. The van der Waals surface area contributed by atoms with Gasteiger partial charge in [-0.1, -0.05) is 27.2 Å². The third-order valence-electron chi connectivity index (χ3n) is 4.27. The lowest BCUT2D eigenvalue weighted by molar-refractivity contribution is 0.0144. The summed E-state index contributed by atoms with van der Waals surface area (Å²) < 4.78 is 0. The van der Waals surface area contributed by atoms with Gasteiger partial charge in [0.2, 0.25) is 0 Å². The summed E-state index contributed by atoms with van der Waals surface area (Å²) in [5.41, 5.74) is 1.50. The minimum Gasteiger partial charge on any atom is -0.393 e. The molecule has 2 heteroatoms. The Kier molecular flexibility index (Phi) is 3.41. The molecule has 1 aromatic rings. The van der Waals surface area contributed by atoms with Crippen LogP contribution in [0.25, 0.3) is 0 Å². The SMILES string of the molecule is CC1CCC(C(C)(C)c2ccsc2)C(O)C1. The van der Waals surface area contributed by atoms with E-state index in [0.29, 0.717) is 11.8 Å². The van der Waals surface area contributed by atoms with E-state index in [0.717, 1.165) is 12.8 Å². The standard InChI is InChI=1S/C14H22OS/c1-10-4-5-12(13(15)8-10)14(2,3)11-6-7-16-9-11/h6-7,9-10,12-13,15H,4-5,8H2,1-3H3. The zero-order valence-electron chi connectivity index (χ0n) is 10.4. The van der Waals surface area contributed by atoms with E-state index in [2.05, 4.69) is 37.6 Å². The van der Waals surface area contributed by atoms with Gasteiger partial charge in [0.25, 0.3) is 0 Å². The number of hydrogen-bond donors (Lipinski definition) is 1.